The van der Waals surface area contributed by atoms with Crippen molar-refractivity contribution in [2.24, 2.45) is 0 Å². The first-order valence-corrected chi connectivity index (χ1v) is 15.5. The number of para-hydroxylation sites is 2. The lowest BCUT2D eigenvalue weighted by atomic mass is 9.70. The molecule has 46 heavy (non-hydrogen) atoms. The van der Waals surface area contributed by atoms with Crippen molar-refractivity contribution < 1.29 is 19.4 Å². The molecule has 0 saturated carbocycles. The van der Waals surface area contributed by atoms with Crippen LogP contribution < -0.4 is 9.47 Å². The summed E-state index contributed by atoms with van der Waals surface area (Å²) in [6, 6.07) is 50.4. The highest BCUT2D eigenvalue weighted by atomic mass is 16.7. The Morgan fingerprint density at radius 2 is 1.15 bits per heavy atom. The Labute approximate surface area is 270 Å². The quantitative estimate of drug-likeness (QED) is 0.154. The third-order valence-corrected chi connectivity index (χ3v) is 9.07. The molecule has 6 nitrogen and oxygen atoms in total. The van der Waals surface area contributed by atoms with E-state index in [-0.39, 0.29) is 6.42 Å². The van der Waals surface area contributed by atoms with Crippen LogP contribution in [0.5, 0.6) is 11.5 Å². The number of nitrogens with zero attached hydrogens (tertiary/aromatic N) is 2. The summed E-state index contributed by atoms with van der Waals surface area (Å²) in [6.45, 7) is 0.744. The topological polar surface area (TPSA) is 82.8 Å². The summed E-state index contributed by atoms with van der Waals surface area (Å²) in [5, 5.41) is 21.8. The molecule has 6 rings (SSSR count). The van der Waals surface area contributed by atoms with Gasteiger partial charge in [-0.1, -0.05) is 127 Å². The van der Waals surface area contributed by atoms with Crippen molar-refractivity contribution in [2.45, 2.75) is 36.0 Å². The standard InChI is InChI=1S/C40H36N2O4/c41-31-39(33-18-8-2-9-19-33,34-20-10-3-11-21-34)27-29-42-28-26-38(37(43)44,32-16-6-1-7-17-32)30-40(42,45-35-22-12-4-13-23-35)46-36-24-14-5-15-25-36/h1-25H,26-30H2,(H,43,44). The fourth-order valence-corrected chi connectivity index (χ4v) is 6.63. The van der Waals surface area contributed by atoms with Crippen LogP contribution in [0.3, 0.4) is 0 Å². The van der Waals surface area contributed by atoms with Crippen molar-refractivity contribution in [3.05, 3.63) is 168 Å². The zero-order chi connectivity index (χ0) is 31.9. The number of carbonyl (C=O) groups is 1. The van der Waals surface area contributed by atoms with E-state index < -0.39 is 22.7 Å². The highest BCUT2D eigenvalue weighted by Gasteiger charge is 2.58. The predicted molar refractivity (Wildman–Crippen MR) is 177 cm³/mol. The second-order valence-electron chi connectivity index (χ2n) is 11.7. The molecule has 1 aliphatic rings. The summed E-state index contributed by atoms with van der Waals surface area (Å²) in [5.74, 6) is -1.36. The molecule has 1 atom stereocenters. The number of nitriles is 1. The molecule has 0 aliphatic carbocycles. The molecule has 5 aromatic rings. The molecule has 1 saturated heterocycles. The van der Waals surface area contributed by atoms with Gasteiger partial charge < -0.3 is 14.6 Å². The fourth-order valence-electron chi connectivity index (χ4n) is 6.63. The number of carboxylic acid groups (broad SMARTS) is 1. The van der Waals surface area contributed by atoms with Crippen LogP contribution in [0, 0.1) is 11.3 Å². The number of hydrogen-bond donors (Lipinski definition) is 1. The van der Waals surface area contributed by atoms with E-state index in [1.54, 1.807) is 0 Å². The number of piperidine rings is 1. The van der Waals surface area contributed by atoms with Crippen molar-refractivity contribution >= 4 is 5.97 Å². The average Bonchev–Trinajstić information content (AvgIpc) is 3.11. The average molecular weight is 609 g/mol. The van der Waals surface area contributed by atoms with Gasteiger partial charge in [0.15, 0.2) is 0 Å². The third-order valence-electron chi connectivity index (χ3n) is 9.07. The van der Waals surface area contributed by atoms with Gasteiger partial charge in [0.1, 0.15) is 22.3 Å². The molecule has 1 N–H and O–H groups in total. The van der Waals surface area contributed by atoms with Gasteiger partial charge in [0, 0.05) is 13.1 Å². The van der Waals surface area contributed by atoms with E-state index in [1.807, 2.05) is 152 Å². The third kappa shape index (κ3) is 5.98. The molecule has 1 fully saturated rings. The second kappa shape index (κ2) is 13.3. The predicted octanol–water partition coefficient (Wildman–Crippen LogP) is 7.82. The lowest BCUT2D eigenvalue weighted by Crippen LogP contribution is -2.66. The van der Waals surface area contributed by atoms with Crippen LogP contribution in [0.1, 0.15) is 36.0 Å². The molecule has 5 aromatic carbocycles. The van der Waals surface area contributed by atoms with Crippen LogP contribution in [0.15, 0.2) is 152 Å². The van der Waals surface area contributed by atoms with Crippen molar-refractivity contribution in [3.8, 4) is 17.6 Å². The van der Waals surface area contributed by atoms with E-state index in [1.165, 1.54) is 0 Å². The Morgan fingerprint density at radius 1 is 0.717 bits per heavy atom. The summed E-state index contributed by atoms with van der Waals surface area (Å²) in [6.07, 6.45) is 0.765. The molecule has 6 heteroatoms. The first kappa shape index (κ1) is 30.6. The monoisotopic (exact) mass is 608 g/mol. The first-order chi connectivity index (χ1) is 22.5. The van der Waals surface area contributed by atoms with Gasteiger partial charge in [0.05, 0.1) is 12.5 Å². The Bertz CT molecular complexity index is 1680. The van der Waals surface area contributed by atoms with E-state index in [9.17, 15) is 15.2 Å². The Hall–Kier alpha value is -5.38. The summed E-state index contributed by atoms with van der Waals surface area (Å²) in [4.78, 5) is 15.4. The van der Waals surface area contributed by atoms with Gasteiger partial charge in [-0.25, -0.2) is 4.90 Å². The van der Waals surface area contributed by atoms with Gasteiger partial charge in [0.25, 0.3) is 0 Å². The molecular formula is C40H36N2O4. The highest BCUT2D eigenvalue weighted by Crippen LogP contribution is 2.46. The number of hydrogen-bond acceptors (Lipinski definition) is 5. The van der Waals surface area contributed by atoms with Gasteiger partial charge in [-0.2, -0.15) is 5.26 Å². The van der Waals surface area contributed by atoms with Crippen LogP contribution in [-0.2, 0) is 15.6 Å². The largest absolute Gasteiger partial charge is 0.481 e. The van der Waals surface area contributed by atoms with Crippen LogP contribution >= 0.6 is 0 Å². The second-order valence-corrected chi connectivity index (χ2v) is 11.7. The van der Waals surface area contributed by atoms with Crippen molar-refractivity contribution in [2.75, 3.05) is 13.1 Å². The first-order valence-electron chi connectivity index (χ1n) is 15.5. The molecule has 0 bridgehead atoms. The highest BCUT2D eigenvalue weighted by molar-refractivity contribution is 5.81. The van der Waals surface area contributed by atoms with Crippen molar-refractivity contribution in [1.29, 1.82) is 5.26 Å². The lowest BCUT2D eigenvalue weighted by molar-refractivity contribution is -0.255. The SMILES string of the molecule is N#CC(CCN1CCC(C(=O)O)(c2ccccc2)CC1(Oc1ccccc1)Oc1ccccc1)(c1ccccc1)c1ccccc1. The van der Waals surface area contributed by atoms with Crippen LogP contribution in [0.25, 0.3) is 0 Å². The molecule has 230 valence electrons. The van der Waals surface area contributed by atoms with Crippen molar-refractivity contribution in [1.82, 2.24) is 4.90 Å². The Balaban J connectivity index is 1.48. The molecule has 1 unspecified atom stereocenters. The van der Waals surface area contributed by atoms with E-state index in [4.69, 9.17) is 9.47 Å². The van der Waals surface area contributed by atoms with E-state index >= 15 is 0 Å². The number of ether oxygens (including phenoxy) is 2. The molecular weight excluding hydrogens is 572 g/mol. The zero-order valence-electron chi connectivity index (χ0n) is 25.5. The summed E-state index contributed by atoms with van der Waals surface area (Å²) in [7, 11) is 0. The maximum absolute atomic E-state index is 13.3. The minimum Gasteiger partial charge on any atom is -0.481 e. The van der Waals surface area contributed by atoms with E-state index in [0.717, 1.165) is 11.1 Å². The molecule has 1 heterocycles. The zero-order valence-corrected chi connectivity index (χ0v) is 25.5. The number of benzene rings is 5. The molecule has 0 aromatic heterocycles. The normalized spacial score (nSPS) is 17.8. The van der Waals surface area contributed by atoms with E-state index in [0.29, 0.717) is 43.0 Å². The van der Waals surface area contributed by atoms with Crippen LogP contribution in [0.4, 0.5) is 0 Å². The van der Waals surface area contributed by atoms with Gasteiger partial charge in [-0.3, -0.25) is 4.79 Å². The van der Waals surface area contributed by atoms with Gasteiger partial charge >= 0.3 is 11.9 Å². The maximum Gasteiger partial charge on any atom is 0.317 e. The minimum atomic E-state index is -1.52. The van der Waals surface area contributed by atoms with Gasteiger partial charge in [-0.05, 0) is 53.8 Å². The molecule has 0 amide bonds. The van der Waals surface area contributed by atoms with Crippen molar-refractivity contribution in [3.63, 3.8) is 0 Å². The van der Waals surface area contributed by atoms with Crippen LogP contribution in [-0.4, -0.2) is 35.0 Å². The number of rotatable bonds is 11. The summed E-state index contributed by atoms with van der Waals surface area (Å²) >= 11 is 0. The van der Waals surface area contributed by atoms with Crippen LogP contribution in [0.2, 0.25) is 0 Å². The molecule has 0 radical (unpaired) electrons. The fraction of sp³-hybridized carbons (Fsp3) is 0.200. The smallest absolute Gasteiger partial charge is 0.317 e. The molecule has 0 spiro atoms. The van der Waals surface area contributed by atoms with Gasteiger partial charge in [-0.15, -0.1) is 0 Å². The minimum absolute atomic E-state index is 0.0133. The van der Waals surface area contributed by atoms with Gasteiger partial charge in [0.2, 0.25) is 0 Å². The van der Waals surface area contributed by atoms with E-state index in [2.05, 4.69) is 11.0 Å². The Morgan fingerprint density at radius 3 is 1.59 bits per heavy atom. The number of likely N-dealkylation sites (tertiary alicyclic amines) is 1. The maximum atomic E-state index is 13.3. The Kier molecular flexibility index (Phi) is 8.87. The summed E-state index contributed by atoms with van der Waals surface area (Å²) in [5.41, 5.74) is 0.229. The molecule has 1 aliphatic heterocycles. The lowest BCUT2D eigenvalue weighted by Gasteiger charge is -2.51. The number of aliphatic carboxylic acids is 1. The number of carboxylic acids is 1. The summed E-state index contributed by atoms with van der Waals surface area (Å²) < 4.78 is 13.7.